The van der Waals surface area contributed by atoms with E-state index >= 15 is 0 Å². The molecule has 0 saturated heterocycles. The van der Waals surface area contributed by atoms with Gasteiger partial charge in [-0.15, -0.1) is 0 Å². The van der Waals surface area contributed by atoms with Gasteiger partial charge in [-0.2, -0.15) is 0 Å². The quantitative estimate of drug-likeness (QED) is 0.729. The molecule has 0 amide bonds. The monoisotopic (exact) mass is 317 g/mol. The Balaban J connectivity index is 0.000000209. The minimum absolute atomic E-state index is 0.236. The molecule has 0 spiro atoms. The van der Waals surface area contributed by atoms with Crippen molar-refractivity contribution >= 4 is 27.9 Å². The van der Waals surface area contributed by atoms with Crippen molar-refractivity contribution in [1.82, 2.24) is 0 Å². The van der Waals surface area contributed by atoms with Gasteiger partial charge in [-0.1, -0.05) is 27.9 Å². The molecule has 4 heteroatoms. The Morgan fingerprint density at radius 3 is 2.59 bits per heavy atom. The number of benzene rings is 1. The zero-order valence-electron chi connectivity index (χ0n) is 10.6. The maximum atomic E-state index is 5.46. The molecule has 96 valence electrons. The van der Waals surface area contributed by atoms with Gasteiger partial charge in [0.05, 0.1) is 6.61 Å². The summed E-state index contributed by atoms with van der Waals surface area (Å²) < 4.78 is 6.83. The molecule has 2 rings (SSSR count). The van der Waals surface area contributed by atoms with Crippen LogP contribution in [0.3, 0.4) is 0 Å². The highest BCUT2D eigenvalue weighted by Crippen LogP contribution is 2.27. The average molecular weight is 318 g/mol. The molecule has 0 unspecified atom stereocenters. The van der Waals surface area contributed by atoms with E-state index in [0.29, 0.717) is 0 Å². The highest BCUT2D eigenvalue weighted by molar-refractivity contribution is 9.10. The highest BCUT2D eigenvalue weighted by atomic mass is 79.9. The summed E-state index contributed by atoms with van der Waals surface area (Å²) >= 11 is 4.82. The Morgan fingerprint density at radius 2 is 2.00 bits per heavy atom. The minimum Gasteiger partial charge on any atom is -0.493 e. The highest BCUT2D eigenvalue weighted by Gasteiger charge is 2.09. The largest absolute Gasteiger partial charge is 0.493 e. The molecule has 1 heterocycles. The first-order valence-electron chi connectivity index (χ1n) is 5.71. The number of fused-ring (bicyclic) bond motifs is 1. The third-order valence-electron chi connectivity index (χ3n) is 2.22. The number of rotatable bonds is 0. The first kappa shape index (κ1) is 14.9. The lowest BCUT2D eigenvalue weighted by molar-refractivity contribution is 0.288. The van der Waals surface area contributed by atoms with Crippen molar-refractivity contribution in [3.8, 4) is 5.75 Å². The molecule has 1 aliphatic heterocycles. The molecule has 0 aromatic heterocycles. The summed E-state index contributed by atoms with van der Waals surface area (Å²) in [5.74, 6) is 1.06. The lowest BCUT2D eigenvalue weighted by Gasteiger charge is -2.16. The molecule has 1 aromatic carbocycles. The average Bonchev–Trinajstić information content (AvgIpc) is 2.29. The molecule has 1 aromatic rings. The number of hydrogen-bond acceptors (Lipinski definition) is 3. The van der Waals surface area contributed by atoms with Crippen LogP contribution >= 0.6 is 27.9 Å². The number of halogens is 1. The van der Waals surface area contributed by atoms with Crippen LogP contribution in [0.1, 0.15) is 32.8 Å². The van der Waals surface area contributed by atoms with E-state index in [0.717, 1.165) is 29.7 Å². The predicted molar refractivity (Wildman–Crippen MR) is 79.5 cm³/mol. The lowest BCUT2D eigenvalue weighted by Crippen LogP contribution is -2.09. The number of nitrogens with two attached hydrogens (primary N) is 1. The molecule has 0 radical (unpaired) electrons. The molecular formula is C13H20BrNOS. The summed E-state index contributed by atoms with van der Waals surface area (Å²) in [6, 6.07) is 6.18. The van der Waals surface area contributed by atoms with Gasteiger partial charge in [-0.05, 0) is 57.4 Å². The molecule has 2 N–H and O–H groups in total. The summed E-state index contributed by atoms with van der Waals surface area (Å²) in [7, 11) is 0. The van der Waals surface area contributed by atoms with E-state index in [2.05, 4.69) is 42.8 Å². The smallest absolute Gasteiger partial charge is 0.122 e. The zero-order chi connectivity index (χ0) is 12.9. The summed E-state index contributed by atoms with van der Waals surface area (Å²) in [4.78, 5) is 0. The maximum Gasteiger partial charge on any atom is 0.122 e. The van der Waals surface area contributed by atoms with Gasteiger partial charge in [0.2, 0.25) is 0 Å². The van der Waals surface area contributed by atoms with Gasteiger partial charge in [0.15, 0.2) is 0 Å². The third kappa shape index (κ3) is 5.80. The Hall–Kier alpha value is -0.190. The van der Waals surface area contributed by atoms with E-state index in [1.165, 1.54) is 17.5 Å². The van der Waals surface area contributed by atoms with Crippen LogP contribution in [0.4, 0.5) is 0 Å². The van der Waals surface area contributed by atoms with Gasteiger partial charge < -0.3 is 4.74 Å². The molecule has 0 fully saturated rings. The van der Waals surface area contributed by atoms with E-state index in [1.807, 2.05) is 12.1 Å². The fourth-order valence-corrected chi connectivity index (χ4v) is 1.74. The van der Waals surface area contributed by atoms with Crippen LogP contribution in [0.15, 0.2) is 22.7 Å². The van der Waals surface area contributed by atoms with Crippen LogP contribution in [-0.4, -0.2) is 11.4 Å². The summed E-state index contributed by atoms with van der Waals surface area (Å²) in [5.41, 5.74) is 1.32. The fraction of sp³-hybridized carbons (Fsp3) is 0.538. The van der Waals surface area contributed by atoms with Crippen molar-refractivity contribution in [3.05, 3.63) is 28.2 Å². The lowest BCUT2D eigenvalue weighted by atomic mass is 10.1. The van der Waals surface area contributed by atoms with Crippen LogP contribution in [-0.2, 0) is 6.42 Å². The van der Waals surface area contributed by atoms with Gasteiger partial charge in [-0.25, -0.2) is 0 Å². The van der Waals surface area contributed by atoms with Gasteiger partial charge in [-0.3, -0.25) is 5.14 Å². The molecular weight excluding hydrogens is 298 g/mol. The Kier molecular flexibility index (Phi) is 5.83. The predicted octanol–water partition coefficient (Wildman–Crippen LogP) is 4.17. The number of ether oxygens (including phenoxy) is 1. The van der Waals surface area contributed by atoms with Crippen LogP contribution in [0, 0.1) is 0 Å². The minimum atomic E-state index is 0.236. The maximum absolute atomic E-state index is 5.46. The van der Waals surface area contributed by atoms with Crippen LogP contribution < -0.4 is 9.88 Å². The topological polar surface area (TPSA) is 35.2 Å². The molecule has 0 aliphatic carbocycles. The van der Waals surface area contributed by atoms with E-state index in [4.69, 9.17) is 9.88 Å². The first-order valence-corrected chi connectivity index (χ1v) is 7.39. The van der Waals surface area contributed by atoms with E-state index in [9.17, 15) is 0 Å². The van der Waals surface area contributed by atoms with Crippen LogP contribution in [0.5, 0.6) is 5.75 Å². The van der Waals surface area contributed by atoms with Crippen molar-refractivity contribution in [3.63, 3.8) is 0 Å². The van der Waals surface area contributed by atoms with Crippen molar-refractivity contribution in [2.75, 3.05) is 6.61 Å². The summed E-state index contributed by atoms with van der Waals surface area (Å²) in [5, 5.41) is 5.22. The Bertz CT molecular complexity index is 363. The first-order chi connectivity index (χ1) is 7.92. The summed E-state index contributed by atoms with van der Waals surface area (Å²) in [6.45, 7) is 7.11. The molecule has 0 bridgehead atoms. The Morgan fingerprint density at radius 1 is 1.35 bits per heavy atom. The number of aryl methyl sites for hydroxylation is 1. The van der Waals surface area contributed by atoms with E-state index < -0.39 is 0 Å². The molecule has 17 heavy (non-hydrogen) atoms. The normalized spacial score (nSPS) is 14.2. The second-order valence-electron chi connectivity index (χ2n) is 4.93. The van der Waals surface area contributed by atoms with Gasteiger partial charge in [0.25, 0.3) is 0 Å². The van der Waals surface area contributed by atoms with Gasteiger partial charge in [0, 0.05) is 9.22 Å². The standard InChI is InChI=1S/C9H9BrO.C4H11NS/c10-8-3-4-9-7(6-8)2-1-5-11-9;1-4(2,3)6-5/h3-4,6H,1-2,5H2;5H2,1-3H3. The van der Waals surface area contributed by atoms with Crippen molar-refractivity contribution in [2.24, 2.45) is 5.14 Å². The molecule has 2 nitrogen and oxygen atoms in total. The fourth-order valence-electron chi connectivity index (χ4n) is 1.33. The van der Waals surface area contributed by atoms with Crippen molar-refractivity contribution in [2.45, 2.75) is 38.4 Å². The molecule has 1 aliphatic rings. The van der Waals surface area contributed by atoms with Crippen LogP contribution in [0.2, 0.25) is 0 Å². The SMILES string of the molecule is Brc1ccc2c(c1)CCCO2.CC(C)(C)SN. The zero-order valence-corrected chi connectivity index (χ0v) is 13.0. The second kappa shape index (κ2) is 6.66. The van der Waals surface area contributed by atoms with E-state index in [-0.39, 0.29) is 4.75 Å². The van der Waals surface area contributed by atoms with E-state index in [1.54, 1.807) is 0 Å². The third-order valence-corrected chi connectivity index (χ3v) is 3.42. The Labute approximate surface area is 117 Å². The van der Waals surface area contributed by atoms with Crippen LogP contribution in [0.25, 0.3) is 0 Å². The van der Waals surface area contributed by atoms with Crippen molar-refractivity contribution < 1.29 is 4.74 Å². The van der Waals surface area contributed by atoms with Gasteiger partial charge in [0.1, 0.15) is 5.75 Å². The summed E-state index contributed by atoms with van der Waals surface area (Å²) in [6.07, 6.45) is 2.29. The molecule has 0 atom stereocenters. The van der Waals surface area contributed by atoms with Crippen molar-refractivity contribution in [1.29, 1.82) is 0 Å². The molecule has 0 saturated carbocycles. The second-order valence-corrected chi connectivity index (χ2v) is 7.31. The number of hydrogen-bond donors (Lipinski definition) is 1. The van der Waals surface area contributed by atoms with Gasteiger partial charge >= 0.3 is 0 Å².